The Labute approximate surface area is 144 Å². The quantitative estimate of drug-likeness (QED) is 0.682. The molecule has 0 saturated carbocycles. The second-order valence-electron chi connectivity index (χ2n) is 6.55. The lowest BCUT2D eigenvalue weighted by atomic mass is 10.0. The van der Waals surface area contributed by atoms with Crippen molar-refractivity contribution in [3.05, 3.63) is 30.7 Å². The van der Waals surface area contributed by atoms with E-state index in [9.17, 15) is 0 Å². The highest BCUT2D eigenvalue weighted by molar-refractivity contribution is 5.47. The molecule has 5 heterocycles. The highest BCUT2D eigenvalue weighted by Crippen LogP contribution is 2.34. The van der Waals surface area contributed by atoms with E-state index < -0.39 is 0 Å². The Morgan fingerprint density at radius 1 is 1.04 bits per heavy atom. The van der Waals surface area contributed by atoms with E-state index in [1.165, 1.54) is 0 Å². The molecule has 2 aliphatic rings. The summed E-state index contributed by atoms with van der Waals surface area (Å²) in [6.07, 6.45) is 3.39. The maximum atomic E-state index is 5.20. The summed E-state index contributed by atoms with van der Waals surface area (Å²) < 4.78 is 6.93. The molecular formula is C16H18N8O. The van der Waals surface area contributed by atoms with Gasteiger partial charge in [-0.25, -0.2) is 4.98 Å². The van der Waals surface area contributed by atoms with Gasteiger partial charge in [0.15, 0.2) is 5.65 Å². The van der Waals surface area contributed by atoms with Crippen LogP contribution < -0.4 is 14.5 Å². The van der Waals surface area contributed by atoms with E-state index in [2.05, 4.69) is 35.1 Å². The first-order chi connectivity index (χ1) is 12.3. The van der Waals surface area contributed by atoms with Crippen LogP contribution in [0.2, 0.25) is 0 Å². The molecule has 0 amide bonds. The van der Waals surface area contributed by atoms with Crippen molar-refractivity contribution in [1.29, 1.82) is 0 Å². The van der Waals surface area contributed by atoms with E-state index in [1.807, 2.05) is 12.1 Å². The van der Waals surface area contributed by atoms with Gasteiger partial charge in [0.05, 0.1) is 7.11 Å². The lowest BCUT2D eigenvalue weighted by Crippen LogP contribution is -2.30. The zero-order valence-corrected chi connectivity index (χ0v) is 13.9. The van der Waals surface area contributed by atoms with Crippen LogP contribution in [-0.4, -0.2) is 63.1 Å². The largest absolute Gasteiger partial charge is 0.481 e. The highest BCUT2D eigenvalue weighted by atomic mass is 16.5. The number of anilines is 2. The Bertz CT molecular complexity index is 898. The summed E-state index contributed by atoms with van der Waals surface area (Å²) >= 11 is 0. The second-order valence-corrected chi connectivity index (χ2v) is 6.55. The molecular weight excluding hydrogens is 320 g/mol. The average Bonchev–Trinajstić information content (AvgIpc) is 3.35. The van der Waals surface area contributed by atoms with Gasteiger partial charge in [0.2, 0.25) is 11.8 Å². The monoisotopic (exact) mass is 338 g/mol. The molecule has 0 spiro atoms. The lowest BCUT2D eigenvalue weighted by Gasteiger charge is -2.22. The SMILES string of the molecule is COc1ccnc(N2CC3CN(c4ccc5nncn5n4)CC3C2)n1. The maximum Gasteiger partial charge on any atom is 0.228 e. The van der Waals surface area contributed by atoms with E-state index in [-0.39, 0.29) is 0 Å². The summed E-state index contributed by atoms with van der Waals surface area (Å²) in [4.78, 5) is 13.5. The highest BCUT2D eigenvalue weighted by Gasteiger charge is 2.41. The molecule has 3 aromatic rings. The lowest BCUT2D eigenvalue weighted by molar-refractivity contribution is 0.397. The third-order valence-corrected chi connectivity index (χ3v) is 5.07. The first-order valence-corrected chi connectivity index (χ1v) is 8.34. The Hall–Kier alpha value is -2.97. The van der Waals surface area contributed by atoms with Gasteiger partial charge in [-0.15, -0.1) is 15.3 Å². The van der Waals surface area contributed by atoms with Crippen molar-refractivity contribution in [1.82, 2.24) is 29.8 Å². The zero-order valence-electron chi connectivity index (χ0n) is 13.9. The molecule has 25 heavy (non-hydrogen) atoms. The van der Waals surface area contributed by atoms with Crippen LogP contribution in [-0.2, 0) is 0 Å². The Morgan fingerprint density at radius 2 is 1.84 bits per heavy atom. The van der Waals surface area contributed by atoms with Crippen LogP contribution in [0.15, 0.2) is 30.7 Å². The van der Waals surface area contributed by atoms with Crippen LogP contribution in [0.5, 0.6) is 5.88 Å². The number of aromatic nitrogens is 6. The predicted octanol–water partition coefficient (Wildman–Crippen LogP) is 0.495. The van der Waals surface area contributed by atoms with Gasteiger partial charge < -0.3 is 14.5 Å². The number of hydrogen-bond acceptors (Lipinski definition) is 8. The number of rotatable bonds is 3. The van der Waals surface area contributed by atoms with Gasteiger partial charge in [-0.1, -0.05) is 0 Å². The molecule has 2 unspecified atom stereocenters. The fourth-order valence-electron chi connectivity index (χ4n) is 3.83. The summed E-state index contributed by atoms with van der Waals surface area (Å²) in [5, 5.41) is 12.5. The molecule has 0 radical (unpaired) electrons. The Kier molecular flexibility index (Phi) is 3.19. The van der Waals surface area contributed by atoms with Crippen molar-refractivity contribution >= 4 is 17.4 Å². The number of fused-ring (bicyclic) bond motifs is 2. The van der Waals surface area contributed by atoms with Crippen molar-refractivity contribution in [2.75, 3.05) is 43.1 Å². The minimum Gasteiger partial charge on any atom is -0.481 e. The van der Waals surface area contributed by atoms with Gasteiger partial charge >= 0.3 is 0 Å². The van der Waals surface area contributed by atoms with Crippen molar-refractivity contribution in [3.63, 3.8) is 0 Å². The normalized spacial score (nSPS) is 22.6. The molecule has 9 nitrogen and oxygen atoms in total. The third kappa shape index (κ3) is 2.43. The zero-order chi connectivity index (χ0) is 16.8. The van der Waals surface area contributed by atoms with Crippen LogP contribution >= 0.6 is 0 Å². The molecule has 3 aromatic heterocycles. The van der Waals surface area contributed by atoms with E-state index in [0.717, 1.165) is 43.6 Å². The summed E-state index contributed by atoms with van der Waals surface area (Å²) in [5.74, 6) is 3.52. The summed E-state index contributed by atoms with van der Waals surface area (Å²) in [6, 6.07) is 5.75. The first-order valence-electron chi connectivity index (χ1n) is 8.34. The number of hydrogen-bond donors (Lipinski definition) is 0. The van der Waals surface area contributed by atoms with Crippen molar-refractivity contribution in [2.45, 2.75) is 0 Å². The standard InChI is InChI=1S/C16H18N8O/c1-25-15-4-5-17-16(19-15)23-8-11-6-22(7-12(11)9-23)14-3-2-13-20-18-10-24(13)21-14/h2-5,10-12H,6-9H2,1H3. The van der Waals surface area contributed by atoms with E-state index in [4.69, 9.17) is 4.74 Å². The van der Waals surface area contributed by atoms with Crippen LogP contribution in [0.1, 0.15) is 0 Å². The third-order valence-electron chi connectivity index (χ3n) is 5.07. The van der Waals surface area contributed by atoms with Gasteiger partial charge in [-0.2, -0.15) is 9.50 Å². The Balaban J connectivity index is 1.31. The van der Waals surface area contributed by atoms with Gasteiger partial charge in [0.1, 0.15) is 12.1 Å². The number of nitrogens with zero attached hydrogens (tertiary/aromatic N) is 8. The topological polar surface area (TPSA) is 84.6 Å². The van der Waals surface area contributed by atoms with Crippen LogP contribution in [0, 0.1) is 11.8 Å². The molecule has 0 aromatic carbocycles. The van der Waals surface area contributed by atoms with E-state index >= 15 is 0 Å². The first kappa shape index (κ1) is 14.4. The predicted molar refractivity (Wildman–Crippen MR) is 90.8 cm³/mol. The smallest absolute Gasteiger partial charge is 0.228 e. The van der Waals surface area contributed by atoms with Crippen LogP contribution in [0.3, 0.4) is 0 Å². The molecule has 2 saturated heterocycles. The molecule has 0 aliphatic carbocycles. The minimum absolute atomic E-state index is 0.591. The Morgan fingerprint density at radius 3 is 2.64 bits per heavy atom. The molecule has 5 rings (SSSR count). The van der Waals surface area contributed by atoms with Crippen molar-refractivity contribution in [3.8, 4) is 5.88 Å². The molecule has 2 aliphatic heterocycles. The van der Waals surface area contributed by atoms with Crippen LogP contribution in [0.25, 0.3) is 5.65 Å². The fourth-order valence-corrected chi connectivity index (χ4v) is 3.83. The van der Waals surface area contributed by atoms with E-state index in [0.29, 0.717) is 17.7 Å². The summed E-state index contributed by atoms with van der Waals surface area (Å²) in [6.45, 7) is 3.91. The number of ether oxygens (including phenoxy) is 1. The second kappa shape index (κ2) is 5.54. The molecule has 0 bridgehead atoms. The van der Waals surface area contributed by atoms with E-state index in [1.54, 1.807) is 30.2 Å². The van der Waals surface area contributed by atoms with Crippen molar-refractivity contribution < 1.29 is 4.74 Å². The maximum absolute atomic E-state index is 5.20. The molecule has 9 heteroatoms. The van der Waals surface area contributed by atoms with Gasteiger partial charge in [-0.3, -0.25) is 0 Å². The van der Waals surface area contributed by atoms with Gasteiger partial charge in [0.25, 0.3) is 0 Å². The van der Waals surface area contributed by atoms with Gasteiger partial charge in [0, 0.05) is 50.3 Å². The summed E-state index contributed by atoms with van der Waals surface area (Å²) in [5.41, 5.74) is 0.768. The summed E-state index contributed by atoms with van der Waals surface area (Å²) in [7, 11) is 1.63. The molecule has 128 valence electrons. The van der Waals surface area contributed by atoms with Crippen molar-refractivity contribution in [2.24, 2.45) is 11.8 Å². The molecule has 2 atom stereocenters. The molecule has 2 fully saturated rings. The van der Waals surface area contributed by atoms with Crippen LogP contribution in [0.4, 0.5) is 11.8 Å². The fraction of sp³-hybridized carbons (Fsp3) is 0.438. The molecule has 0 N–H and O–H groups in total. The average molecular weight is 338 g/mol. The minimum atomic E-state index is 0.591. The number of methoxy groups -OCH3 is 1. The van der Waals surface area contributed by atoms with Gasteiger partial charge in [-0.05, 0) is 12.1 Å².